The third-order valence-corrected chi connectivity index (χ3v) is 3.50. The second kappa shape index (κ2) is 6.27. The van der Waals surface area contributed by atoms with E-state index in [0.29, 0.717) is 6.61 Å². The van der Waals surface area contributed by atoms with E-state index < -0.39 is 12.3 Å². The summed E-state index contributed by atoms with van der Waals surface area (Å²) in [4.78, 5) is 12.5. The van der Waals surface area contributed by atoms with Crippen molar-refractivity contribution >= 4 is 17.7 Å². The van der Waals surface area contributed by atoms with Crippen molar-refractivity contribution in [1.82, 2.24) is 4.90 Å². The maximum Gasteiger partial charge on any atom is 0.315 e. The molecule has 0 saturated carbocycles. The fourth-order valence-electron chi connectivity index (χ4n) is 1.56. The highest BCUT2D eigenvalue weighted by Crippen LogP contribution is 2.23. The normalized spacial score (nSPS) is 20.9. The molecule has 1 fully saturated rings. The van der Waals surface area contributed by atoms with Gasteiger partial charge in [0.2, 0.25) is 0 Å². The van der Waals surface area contributed by atoms with Crippen molar-refractivity contribution in [2.24, 2.45) is 0 Å². The molecule has 0 aliphatic carbocycles. The lowest BCUT2D eigenvalue weighted by Gasteiger charge is -2.27. The Morgan fingerprint density at radius 1 is 1.67 bits per heavy atom. The van der Waals surface area contributed by atoms with Gasteiger partial charge in [0.1, 0.15) is 0 Å². The van der Waals surface area contributed by atoms with Crippen LogP contribution in [-0.4, -0.2) is 55.0 Å². The monoisotopic (exact) mass is 239 g/mol. The van der Waals surface area contributed by atoms with Gasteiger partial charge in [-0.3, -0.25) is 4.79 Å². The van der Waals surface area contributed by atoms with Crippen LogP contribution in [0.15, 0.2) is 0 Å². The maximum absolute atomic E-state index is 12.3. The molecule has 1 rings (SSSR count). The summed E-state index contributed by atoms with van der Waals surface area (Å²) in [5, 5.41) is 0. The number of halogens is 2. The highest BCUT2D eigenvalue weighted by atomic mass is 32.2. The standard InChI is InChI=1S/C9H15F2NO2S/c1-14-4-3-12(9(13)8(10)11)7-2-5-15-6-7/h7-8H,2-6H2,1H3. The van der Waals surface area contributed by atoms with E-state index in [0.717, 1.165) is 17.9 Å². The Bertz CT molecular complexity index is 210. The minimum Gasteiger partial charge on any atom is -0.383 e. The molecule has 15 heavy (non-hydrogen) atoms. The molecule has 0 aromatic carbocycles. The molecule has 1 aliphatic heterocycles. The highest BCUT2D eigenvalue weighted by molar-refractivity contribution is 7.99. The molecule has 0 aromatic rings. The van der Waals surface area contributed by atoms with Gasteiger partial charge in [-0.1, -0.05) is 0 Å². The summed E-state index contributed by atoms with van der Waals surface area (Å²) in [6, 6.07) is -0.0494. The van der Waals surface area contributed by atoms with E-state index in [1.807, 2.05) is 0 Å². The van der Waals surface area contributed by atoms with Crippen molar-refractivity contribution in [2.45, 2.75) is 18.9 Å². The third-order valence-electron chi connectivity index (χ3n) is 2.35. The second-order valence-corrected chi connectivity index (χ2v) is 4.49. The van der Waals surface area contributed by atoms with Gasteiger partial charge >= 0.3 is 6.43 Å². The third kappa shape index (κ3) is 3.61. The van der Waals surface area contributed by atoms with Gasteiger partial charge in [0, 0.05) is 25.4 Å². The molecule has 1 saturated heterocycles. The predicted octanol–water partition coefficient (Wildman–Crippen LogP) is 1.23. The molecular weight excluding hydrogens is 224 g/mol. The number of rotatable bonds is 5. The molecule has 0 aromatic heterocycles. The number of alkyl halides is 2. The molecule has 0 spiro atoms. The van der Waals surface area contributed by atoms with Crippen LogP contribution in [0.2, 0.25) is 0 Å². The molecule has 1 amide bonds. The number of carbonyl (C=O) groups excluding carboxylic acids is 1. The van der Waals surface area contributed by atoms with E-state index in [1.165, 1.54) is 12.0 Å². The first kappa shape index (κ1) is 12.7. The molecule has 88 valence electrons. The summed E-state index contributed by atoms with van der Waals surface area (Å²) in [6.07, 6.45) is -2.11. The number of carbonyl (C=O) groups is 1. The number of hydrogen-bond acceptors (Lipinski definition) is 3. The van der Waals surface area contributed by atoms with Crippen molar-refractivity contribution in [3.8, 4) is 0 Å². The van der Waals surface area contributed by atoms with Crippen molar-refractivity contribution in [2.75, 3.05) is 31.8 Å². The Hall–Kier alpha value is -0.360. The predicted molar refractivity (Wildman–Crippen MR) is 55.3 cm³/mol. The average Bonchev–Trinajstić information content (AvgIpc) is 2.71. The number of hydrogen-bond donors (Lipinski definition) is 0. The largest absolute Gasteiger partial charge is 0.383 e. The number of thioether (sulfide) groups is 1. The Morgan fingerprint density at radius 2 is 2.40 bits per heavy atom. The number of nitrogens with zero attached hydrogens (tertiary/aromatic N) is 1. The maximum atomic E-state index is 12.3. The zero-order valence-corrected chi connectivity index (χ0v) is 9.43. The van der Waals surface area contributed by atoms with Gasteiger partial charge in [0.15, 0.2) is 0 Å². The fraction of sp³-hybridized carbons (Fsp3) is 0.889. The minimum atomic E-state index is -2.91. The van der Waals surface area contributed by atoms with Crippen LogP contribution in [0.4, 0.5) is 8.78 Å². The van der Waals surface area contributed by atoms with Gasteiger partial charge in [-0.05, 0) is 12.2 Å². The van der Waals surface area contributed by atoms with Gasteiger partial charge in [0.05, 0.1) is 6.61 Å². The zero-order chi connectivity index (χ0) is 11.3. The summed E-state index contributed by atoms with van der Waals surface area (Å²) in [5.74, 6) is 0.617. The van der Waals surface area contributed by atoms with Crippen LogP contribution < -0.4 is 0 Å². The van der Waals surface area contributed by atoms with Crippen LogP contribution >= 0.6 is 11.8 Å². The first-order valence-electron chi connectivity index (χ1n) is 4.82. The van der Waals surface area contributed by atoms with Crippen molar-refractivity contribution in [1.29, 1.82) is 0 Å². The van der Waals surface area contributed by atoms with Crippen LogP contribution in [0.1, 0.15) is 6.42 Å². The van der Waals surface area contributed by atoms with Crippen LogP contribution in [0, 0.1) is 0 Å². The summed E-state index contributed by atoms with van der Waals surface area (Å²) < 4.78 is 29.5. The van der Waals surface area contributed by atoms with Crippen molar-refractivity contribution in [3.05, 3.63) is 0 Å². The molecule has 0 N–H and O–H groups in total. The summed E-state index contributed by atoms with van der Waals surface area (Å²) in [6.45, 7) is 0.560. The zero-order valence-electron chi connectivity index (χ0n) is 8.62. The summed E-state index contributed by atoms with van der Waals surface area (Å²) >= 11 is 1.69. The first-order chi connectivity index (χ1) is 7.16. The van der Waals surface area contributed by atoms with E-state index in [-0.39, 0.29) is 12.6 Å². The van der Waals surface area contributed by atoms with Gasteiger partial charge in [-0.2, -0.15) is 20.5 Å². The smallest absolute Gasteiger partial charge is 0.315 e. The molecule has 0 radical (unpaired) electrons. The Kier molecular flexibility index (Phi) is 5.31. The summed E-state index contributed by atoms with van der Waals surface area (Å²) in [5.41, 5.74) is 0. The van der Waals surface area contributed by atoms with Gasteiger partial charge in [-0.25, -0.2) is 0 Å². The summed E-state index contributed by atoms with van der Waals surface area (Å²) in [7, 11) is 1.49. The Balaban J connectivity index is 2.54. The molecule has 1 atom stereocenters. The average molecular weight is 239 g/mol. The molecule has 3 nitrogen and oxygen atoms in total. The first-order valence-corrected chi connectivity index (χ1v) is 5.97. The molecule has 1 aliphatic rings. The lowest BCUT2D eigenvalue weighted by atomic mass is 10.2. The number of methoxy groups -OCH3 is 1. The van der Waals surface area contributed by atoms with E-state index in [1.54, 1.807) is 11.8 Å². The van der Waals surface area contributed by atoms with E-state index in [9.17, 15) is 13.6 Å². The second-order valence-electron chi connectivity index (χ2n) is 3.34. The van der Waals surface area contributed by atoms with Crippen molar-refractivity contribution < 1.29 is 18.3 Å². The van der Waals surface area contributed by atoms with Crippen molar-refractivity contribution in [3.63, 3.8) is 0 Å². The lowest BCUT2D eigenvalue weighted by molar-refractivity contribution is -0.145. The fourth-order valence-corrected chi connectivity index (χ4v) is 2.78. The molecule has 1 unspecified atom stereocenters. The molecule has 6 heteroatoms. The van der Waals surface area contributed by atoms with E-state index in [2.05, 4.69) is 0 Å². The van der Waals surface area contributed by atoms with E-state index >= 15 is 0 Å². The number of amides is 1. The molecule has 0 bridgehead atoms. The quantitative estimate of drug-likeness (QED) is 0.722. The Morgan fingerprint density at radius 3 is 2.87 bits per heavy atom. The topological polar surface area (TPSA) is 29.5 Å². The van der Waals surface area contributed by atoms with Crippen LogP contribution in [0.5, 0.6) is 0 Å². The van der Waals surface area contributed by atoms with Crippen LogP contribution in [-0.2, 0) is 9.53 Å². The molecular formula is C9H15F2NO2S. The Labute approximate surface area is 92.1 Å². The van der Waals surface area contributed by atoms with Gasteiger partial charge in [0.25, 0.3) is 5.91 Å². The van der Waals surface area contributed by atoms with Crippen LogP contribution in [0.25, 0.3) is 0 Å². The van der Waals surface area contributed by atoms with Gasteiger partial charge < -0.3 is 9.64 Å². The minimum absolute atomic E-state index is 0.0494. The highest BCUT2D eigenvalue weighted by Gasteiger charge is 2.31. The number of ether oxygens (including phenoxy) is 1. The van der Waals surface area contributed by atoms with Crippen LogP contribution in [0.3, 0.4) is 0 Å². The van der Waals surface area contributed by atoms with Gasteiger partial charge in [-0.15, -0.1) is 0 Å². The lowest BCUT2D eigenvalue weighted by Crippen LogP contribution is -2.45. The molecule has 1 heterocycles. The SMILES string of the molecule is COCCN(C(=O)C(F)F)C1CCSC1. The van der Waals surface area contributed by atoms with E-state index in [4.69, 9.17) is 4.74 Å².